The summed E-state index contributed by atoms with van der Waals surface area (Å²) in [7, 11) is 0. The molecule has 0 unspecified atom stereocenters. The molecule has 0 heterocycles. The molecular formula is C6H13Y+2. The molecule has 0 nitrogen and oxygen atoms in total. The Morgan fingerprint density at radius 2 is 1.57 bits per heavy atom. The van der Waals surface area contributed by atoms with Gasteiger partial charge < -0.3 is 6.92 Å². The molecule has 0 bridgehead atoms. The second-order valence-corrected chi connectivity index (χ2v) is 2.52. The third-order valence-corrected chi connectivity index (χ3v) is 0.957. The van der Waals surface area contributed by atoms with Crippen LogP contribution in [0.5, 0.6) is 0 Å². The summed E-state index contributed by atoms with van der Waals surface area (Å²) in [5, 5.41) is 0. The van der Waals surface area contributed by atoms with Gasteiger partial charge in [-0.1, -0.05) is 27.2 Å². The van der Waals surface area contributed by atoms with Gasteiger partial charge in [0.15, 0.2) is 0 Å². The fraction of sp³-hybridized carbons (Fsp3) is 0.833. The van der Waals surface area contributed by atoms with Crippen molar-refractivity contribution >= 4 is 0 Å². The van der Waals surface area contributed by atoms with Crippen LogP contribution < -0.4 is 0 Å². The molecule has 0 amide bonds. The van der Waals surface area contributed by atoms with E-state index in [0.29, 0.717) is 5.41 Å². The largest absolute Gasteiger partial charge is 3.00 e. The van der Waals surface area contributed by atoms with Gasteiger partial charge in [0.25, 0.3) is 0 Å². The minimum absolute atomic E-state index is 0. The Morgan fingerprint density at radius 1 is 1.43 bits per heavy atom. The van der Waals surface area contributed by atoms with Crippen LogP contribution in [0.1, 0.15) is 27.2 Å². The average molecular weight is 174 g/mol. The first-order valence-electron chi connectivity index (χ1n) is 2.41. The molecular weight excluding hydrogens is 161 g/mol. The van der Waals surface area contributed by atoms with E-state index in [1.807, 2.05) is 0 Å². The zero-order valence-electron chi connectivity index (χ0n) is 5.49. The molecule has 0 aromatic heterocycles. The minimum Gasteiger partial charge on any atom is -0.338 e. The monoisotopic (exact) mass is 174 g/mol. The smallest absolute Gasteiger partial charge is 0.338 e. The predicted octanol–water partition coefficient (Wildman–Crippen LogP) is 2.25. The van der Waals surface area contributed by atoms with E-state index < -0.39 is 0 Å². The first kappa shape index (κ1) is 11.0. The molecule has 0 aliphatic carbocycles. The van der Waals surface area contributed by atoms with Crippen molar-refractivity contribution in [2.24, 2.45) is 5.41 Å². The first-order chi connectivity index (χ1) is 2.56. The Bertz CT molecular complexity index is 33.9. The van der Waals surface area contributed by atoms with E-state index in [-0.39, 0.29) is 32.7 Å². The topological polar surface area (TPSA) is 0 Å². The molecule has 0 fully saturated rings. The summed E-state index contributed by atoms with van der Waals surface area (Å²) in [5.41, 5.74) is 0.292. The normalized spacial score (nSPS) is 10.3. The molecule has 0 aliphatic rings. The molecule has 1 heteroatoms. The number of hydrogen-bond donors (Lipinski definition) is 0. The fourth-order valence-corrected chi connectivity index (χ4v) is 0. The van der Waals surface area contributed by atoms with Crippen molar-refractivity contribution in [2.45, 2.75) is 27.2 Å². The molecule has 0 aromatic rings. The Hall–Kier alpha value is 1.10. The van der Waals surface area contributed by atoms with Crippen LogP contribution in [0.2, 0.25) is 0 Å². The molecule has 0 spiro atoms. The van der Waals surface area contributed by atoms with Crippen molar-refractivity contribution in [3.63, 3.8) is 0 Å². The van der Waals surface area contributed by atoms with E-state index in [4.69, 9.17) is 0 Å². The molecule has 0 aromatic carbocycles. The van der Waals surface area contributed by atoms with E-state index in [1.54, 1.807) is 0 Å². The van der Waals surface area contributed by atoms with Crippen LogP contribution in [-0.2, 0) is 32.7 Å². The van der Waals surface area contributed by atoms with E-state index in [9.17, 15) is 0 Å². The molecule has 0 atom stereocenters. The quantitative estimate of drug-likeness (QED) is 0.535. The van der Waals surface area contributed by atoms with Gasteiger partial charge >= 0.3 is 32.7 Å². The number of rotatable bonds is 1. The molecule has 0 aliphatic heterocycles. The summed E-state index contributed by atoms with van der Waals surface area (Å²) >= 11 is 0. The van der Waals surface area contributed by atoms with Crippen molar-refractivity contribution in [3.8, 4) is 0 Å². The molecule has 0 N–H and O–H groups in total. The minimum atomic E-state index is 0. The van der Waals surface area contributed by atoms with Crippen molar-refractivity contribution in [1.29, 1.82) is 0 Å². The average Bonchev–Trinajstić information content (AvgIpc) is 1.35. The van der Waals surface area contributed by atoms with Crippen LogP contribution in [0, 0.1) is 12.3 Å². The summed E-state index contributed by atoms with van der Waals surface area (Å²) in [5.74, 6) is 0. The van der Waals surface area contributed by atoms with Gasteiger partial charge in [0.1, 0.15) is 0 Å². The zero-order chi connectivity index (χ0) is 5.21. The molecule has 7 heavy (non-hydrogen) atoms. The Labute approximate surface area is 71.9 Å². The molecule has 0 saturated heterocycles. The van der Waals surface area contributed by atoms with Crippen LogP contribution >= 0.6 is 0 Å². The Balaban J connectivity index is 0. The molecule has 0 radical (unpaired) electrons. The van der Waals surface area contributed by atoms with Crippen LogP contribution in [0.15, 0.2) is 0 Å². The van der Waals surface area contributed by atoms with Gasteiger partial charge in [0.05, 0.1) is 0 Å². The second-order valence-electron chi connectivity index (χ2n) is 2.52. The van der Waals surface area contributed by atoms with E-state index in [0.717, 1.165) is 6.42 Å². The van der Waals surface area contributed by atoms with E-state index in [2.05, 4.69) is 27.7 Å². The predicted molar refractivity (Wildman–Crippen MR) is 29.4 cm³/mol. The summed E-state index contributed by atoms with van der Waals surface area (Å²) in [6.45, 7) is 10.3. The summed E-state index contributed by atoms with van der Waals surface area (Å²) in [6.07, 6.45) is 1.16. The van der Waals surface area contributed by atoms with Crippen LogP contribution in [0.25, 0.3) is 0 Å². The SMILES string of the molecule is [CH2-]C(C)(C)CC.[Y+3]. The van der Waals surface area contributed by atoms with Crippen LogP contribution in [0.3, 0.4) is 0 Å². The van der Waals surface area contributed by atoms with Gasteiger partial charge in [-0.2, -0.15) is 5.41 Å². The maximum absolute atomic E-state index is 3.89. The maximum atomic E-state index is 3.89. The molecule has 38 valence electrons. The summed E-state index contributed by atoms with van der Waals surface area (Å²) < 4.78 is 0. The van der Waals surface area contributed by atoms with Gasteiger partial charge in [-0.25, -0.2) is 0 Å². The van der Waals surface area contributed by atoms with Gasteiger partial charge in [-0.3, -0.25) is 0 Å². The van der Waals surface area contributed by atoms with E-state index in [1.165, 1.54) is 0 Å². The van der Waals surface area contributed by atoms with Crippen molar-refractivity contribution < 1.29 is 32.7 Å². The Kier molecular flexibility index (Phi) is 6.32. The Morgan fingerprint density at radius 3 is 1.57 bits per heavy atom. The summed E-state index contributed by atoms with van der Waals surface area (Å²) in [4.78, 5) is 0. The first-order valence-corrected chi connectivity index (χ1v) is 2.41. The van der Waals surface area contributed by atoms with Gasteiger partial charge in [0, 0.05) is 0 Å². The fourth-order valence-electron chi connectivity index (χ4n) is 0. The van der Waals surface area contributed by atoms with Crippen molar-refractivity contribution in [2.75, 3.05) is 0 Å². The molecule has 0 rings (SSSR count). The second kappa shape index (κ2) is 4.03. The van der Waals surface area contributed by atoms with Gasteiger partial charge in [-0.05, 0) is 0 Å². The van der Waals surface area contributed by atoms with Crippen LogP contribution in [-0.4, -0.2) is 0 Å². The van der Waals surface area contributed by atoms with Crippen molar-refractivity contribution in [1.82, 2.24) is 0 Å². The standard InChI is InChI=1S/C6H13.Y/c1-5-6(2,3)4;/h2,5H2,1,3-4H3;/q-1;+3. The third-order valence-electron chi connectivity index (χ3n) is 0.957. The molecule has 0 saturated carbocycles. The number of hydrogen-bond acceptors (Lipinski definition) is 0. The zero-order valence-corrected chi connectivity index (χ0v) is 8.33. The van der Waals surface area contributed by atoms with Gasteiger partial charge in [0.2, 0.25) is 0 Å². The maximum Gasteiger partial charge on any atom is 3.00 e. The summed E-state index contributed by atoms with van der Waals surface area (Å²) in [6, 6.07) is 0. The van der Waals surface area contributed by atoms with Crippen molar-refractivity contribution in [3.05, 3.63) is 6.92 Å². The van der Waals surface area contributed by atoms with Crippen LogP contribution in [0.4, 0.5) is 0 Å². The van der Waals surface area contributed by atoms with E-state index >= 15 is 0 Å². The third kappa shape index (κ3) is 11.0. The van der Waals surface area contributed by atoms with Gasteiger partial charge in [-0.15, -0.1) is 0 Å².